The molecule has 0 unspecified atom stereocenters. The van der Waals surface area contributed by atoms with Crippen molar-refractivity contribution in [1.82, 2.24) is 0 Å². The van der Waals surface area contributed by atoms with E-state index < -0.39 is 0 Å². The predicted molar refractivity (Wildman–Crippen MR) is 58.3 cm³/mol. The van der Waals surface area contributed by atoms with Crippen LogP contribution in [0.15, 0.2) is 23.1 Å². The van der Waals surface area contributed by atoms with Crippen molar-refractivity contribution in [1.29, 1.82) is 0 Å². The van der Waals surface area contributed by atoms with Crippen LogP contribution >= 0.6 is 11.8 Å². The van der Waals surface area contributed by atoms with Crippen molar-refractivity contribution in [2.75, 3.05) is 5.75 Å². The van der Waals surface area contributed by atoms with E-state index in [9.17, 15) is 0 Å². The van der Waals surface area contributed by atoms with E-state index in [1.165, 1.54) is 16.0 Å². The molecule has 1 atom stereocenters. The molecule has 2 heteroatoms. The molecule has 0 aliphatic rings. The minimum absolute atomic E-state index is 0.230. The van der Waals surface area contributed by atoms with Gasteiger partial charge in [-0.15, -0.1) is 11.8 Å². The molecule has 0 saturated carbocycles. The van der Waals surface area contributed by atoms with Crippen LogP contribution in [0.1, 0.15) is 18.1 Å². The first-order valence-electron chi connectivity index (χ1n) is 4.47. The molecule has 1 nitrogen and oxygen atoms in total. The van der Waals surface area contributed by atoms with Crippen molar-refractivity contribution in [2.45, 2.75) is 31.8 Å². The molecule has 0 radical (unpaired) electrons. The maximum Gasteiger partial charge on any atom is 0.0606 e. The summed E-state index contributed by atoms with van der Waals surface area (Å²) in [5.74, 6) is 0.766. The van der Waals surface area contributed by atoms with E-state index in [-0.39, 0.29) is 6.10 Å². The summed E-state index contributed by atoms with van der Waals surface area (Å²) in [5, 5.41) is 9.12. The third-order valence-corrected chi connectivity index (χ3v) is 3.21. The summed E-state index contributed by atoms with van der Waals surface area (Å²) in [7, 11) is 0. The highest BCUT2D eigenvalue weighted by molar-refractivity contribution is 7.99. The Morgan fingerprint density at radius 1 is 1.31 bits per heavy atom. The molecule has 1 aromatic carbocycles. The van der Waals surface area contributed by atoms with Gasteiger partial charge in [-0.3, -0.25) is 0 Å². The van der Waals surface area contributed by atoms with Gasteiger partial charge in [-0.05, 0) is 44.0 Å². The van der Waals surface area contributed by atoms with Crippen molar-refractivity contribution < 1.29 is 5.11 Å². The quantitative estimate of drug-likeness (QED) is 0.750. The van der Waals surface area contributed by atoms with Gasteiger partial charge in [-0.2, -0.15) is 0 Å². The van der Waals surface area contributed by atoms with Crippen LogP contribution in [-0.4, -0.2) is 17.0 Å². The highest BCUT2D eigenvalue weighted by Crippen LogP contribution is 2.21. The number of aliphatic hydroxyl groups is 1. The lowest BCUT2D eigenvalue weighted by atomic mass is 10.1. The van der Waals surface area contributed by atoms with Crippen molar-refractivity contribution in [3.8, 4) is 0 Å². The van der Waals surface area contributed by atoms with Crippen LogP contribution in [0.3, 0.4) is 0 Å². The Balaban J connectivity index is 2.63. The van der Waals surface area contributed by atoms with E-state index in [1.54, 1.807) is 11.8 Å². The number of aliphatic hydroxyl groups excluding tert-OH is 1. The lowest BCUT2D eigenvalue weighted by Gasteiger charge is -2.06. The number of rotatable bonds is 3. The van der Waals surface area contributed by atoms with E-state index in [1.807, 2.05) is 6.92 Å². The van der Waals surface area contributed by atoms with Gasteiger partial charge >= 0.3 is 0 Å². The second kappa shape index (κ2) is 4.68. The lowest BCUT2D eigenvalue weighted by Crippen LogP contribution is -2.02. The summed E-state index contributed by atoms with van der Waals surface area (Å²) in [4.78, 5) is 1.24. The molecule has 1 N–H and O–H groups in total. The Hall–Kier alpha value is -0.470. The zero-order chi connectivity index (χ0) is 9.84. The molecule has 0 spiro atoms. The Labute approximate surface area is 84.2 Å². The molecule has 13 heavy (non-hydrogen) atoms. The monoisotopic (exact) mass is 196 g/mol. The van der Waals surface area contributed by atoms with Gasteiger partial charge in [0.1, 0.15) is 0 Å². The largest absolute Gasteiger partial charge is 0.393 e. The minimum atomic E-state index is -0.230. The summed E-state index contributed by atoms with van der Waals surface area (Å²) >= 11 is 1.70. The molecule has 0 saturated heterocycles. The predicted octanol–water partition coefficient (Wildman–Crippen LogP) is 2.78. The van der Waals surface area contributed by atoms with Gasteiger partial charge in [0.2, 0.25) is 0 Å². The molecule has 0 bridgehead atoms. The molecule has 0 amide bonds. The molecule has 0 aliphatic heterocycles. The average Bonchev–Trinajstić information content (AvgIpc) is 2.07. The summed E-state index contributed by atoms with van der Waals surface area (Å²) in [6.07, 6.45) is -0.230. The van der Waals surface area contributed by atoms with Crippen molar-refractivity contribution >= 4 is 11.8 Å². The van der Waals surface area contributed by atoms with Crippen LogP contribution in [0.2, 0.25) is 0 Å². The van der Waals surface area contributed by atoms with E-state index in [2.05, 4.69) is 32.0 Å². The number of hydrogen-bond donors (Lipinski definition) is 1. The van der Waals surface area contributed by atoms with Gasteiger partial charge in [0, 0.05) is 10.6 Å². The first-order chi connectivity index (χ1) is 6.09. The molecule has 0 aliphatic carbocycles. The van der Waals surface area contributed by atoms with Crippen LogP contribution in [-0.2, 0) is 0 Å². The van der Waals surface area contributed by atoms with Crippen LogP contribution in [0.25, 0.3) is 0 Å². The SMILES string of the molecule is Cc1ccc(SC[C@@H](C)O)cc1C. The number of benzene rings is 1. The second-order valence-corrected chi connectivity index (χ2v) is 4.50. The zero-order valence-electron chi connectivity index (χ0n) is 8.37. The fourth-order valence-electron chi connectivity index (χ4n) is 1.02. The zero-order valence-corrected chi connectivity index (χ0v) is 9.19. The standard InChI is InChI=1S/C11H16OS/c1-8-4-5-11(6-9(8)2)13-7-10(3)12/h4-6,10,12H,7H2,1-3H3/t10-/m1/s1. The van der Waals surface area contributed by atoms with E-state index in [0.29, 0.717) is 0 Å². The fraction of sp³-hybridized carbons (Fsp3) is 0.455. The van der Waals surface area contributed by atoms with Gasteiger partial charge in [0.25, 0.3) is 0 Å². The third kappa shape index (κ3) is 3.41. The van der Waals surface area contributed by atoms with Gasteiger partial charge < -0.3 is 5.11 Å². The number of thioether (sulfide) groups is 1. The van der Waals surface area contributed by atoms with Crippen LogP contribution in [0.4, 0.5) is 0 Å². The summed E-state index contributed by atoms with van der Waals surface area (Å²) in [5.41, 5.74) is 2.64. The molecule has 0 heterocycles. The first kappa shape index (κ1) is 10.6. The minimum Gasteiger partial charge on any atom is -0.393 e. The number of hydrogen-bond acceptors (Lipinski definition) is 2. The Bertz CT molecular complexity index is 281. The summed E-state index contributed by atoms with van der Waals surface area (Å²) < 4.78 is 0. The summed E-state index contributed by atoms with van der Waals surface area (Å²) in [6, 6.07) is 6.40. The summed E-state index contributed by atoms with van der Waals surface area (Å²) in [6.45, 7) is 6.04. The van der Waals surface area contributed by atoms with E-state index in [4.69, 9.17) is 5.11 Å². The maximum atomic E-state index is 9.12. The van der Waals surface area contributed by atoms with Crippen LogP contribution in [0.5, 0.6) is 0 Å². The van der Waals surface area contributed by atoms with Crippen LogP contribution in [0, 0.1) is 13.8 Å². The second-order valence-electron chi connectivity index (χ2n) is 3.41. The highest BCUT2D eigenvalue weighted by atomic mass is 32.2. The fourth-order valence-corrected chi connectivity index (χ4v) is 1.88. The van der Waals surface area contributed by atoms with E-state index in [0.717, 1.165) is 5.75 Å². The third-order valence-electron chi connectivity index (χ3n) is 1.97. The van der Waals surface area contributed by atoms with Crippen molar-refractivity contribution in [3.63, 3.8) is 0 Å². The highest BCUT2D eigenvalue weighted by Gasteiger charge is 1.99. The Morgan fingerprint density at radius 3 is 2.54 bits per heavy atom. The molecule has 72 valence electrons. The molecule has 0 fully saturated rings. The molecular weight excluding hydrogens is 180 g/mol. The topological polar surface area (TPSA) is 20.2 Å². The van der Waals surface area contributed by atoms with Crippen LogP contribution < -0.4 is 0 Å². The molecule has 1 rings (SSSR count). The van der Waals surface area contributed by atoms with Crippen molar-refractivity contribution in [3.05, 3.63) is 29.3 Å². The number of aryl methyl sites for hydroxylation is 2. The maximum absolute atomic E-state index is 9.12. The average molecular weight is 196 g/mol. The molecule has 1 aromatic rings. The Morgan fingerprint density at radius 2 is 2.00 bits per heavy atom. The van der Waals surface area contributed by atoms with Gasteiger partial charge in [-0.25, -0.2) is 0 Å². The first-order valence-corrected chi connectivity index (χ1v) is 5.46. The van der Waals surface area contributed by atoms with Gasteiger partial charge in [-0.1, -0.05) is 6.07 Å². The Kier molecular flexibility index (Phi) is 3.82. The lowest BCUT2D eigenvalue weighted by molar-refractivity contribution is 0.220. The molecule has 0 aromatic heterocycles. The van der Waals surface area contributed by atoms with Crippen molar-refractivity contribution in [2.24, 2.45) is 0 Å². The van der Waals surface area contributed by atoms with Gasteiger partial charge in [0.15, 0.2) is 0 Å². The normalized spacial score (nSPS) is 12.9. The molecular formula is C11H16OS. The smallest absolute Gasteiger partial charge is 0.0606 e. The van der Waals surface area contributed by atoms with Gasteiger partial charge in [0.05, 0.1) is 6.10 Å². The van der Waals surface area contributed by atoms with E-state index >= 15 is 0 Å².